The van der Waals surface area contributed by atoms with Gasteiger partial charge in [-0.1, -0.05) is 24.3 Å². The fourth-order valence-electron chi connectivity index (χ4n) is 3.64. The Morgan fingerprint density at radius 3 is 2.33 bits per heavy atom. The molecule has 1 atom stereocenters. The first-order chi connectivity index (χ1) is 13.1. The van der Waals surface area contributed by atoms with E-state index in [1.165, 1.54) is 4.90 Å². The number of para-hydroxylation sites is 1. The van der Waals surface area contributed by atoms with E-state index in [0.29, 0.717) is 6.67 Å². The van der Waals surface area contributed by atoms with Crippen LogP contribution in [-0.4, -0.2) is 65.6 Å². The molecule has 0 saturated carbocycles. The van der Waals surface area contributed by atoms with Gasteiger partial charge in [-0.2, -0.15) is 0 Å². The van der Waals surface area contributed by atoms with E-state index in [2.05, 4.69) is 14.8 Å². The molecule has 0 bridgehead atoms. The van der Waals surface area contributed by atoms with E-state index in [1.54, 1.807) is 18.0 Å². The van der Waals surface area contributed by atoms with Crippen LogP contribution in [0.5, 0.6) is 0 Å². The first-order valence-corrected chi connectivity index (χ1v) is 9.23. The molecule has 0 aliphatic carbocycles. The number of anilines is 2. The van der Waals surface area contributed by atoms with Crippen molar-refractivity contribution in [1.29, 1.82) is 0 Å². The topological polar surface area (TPSA) is 60.0 Å². The second-order valence-electron chi connectivity index (χ2n) is 6.86. The van der Waals surface area contributed by atoms with Crippen molar-refractivity contribution in [3.05, 3.63) is 54.7 Å². The van der Waals surface area contributed by atoms with E-state index in [1.807, 2.05) is 48.5 Å². The number of amides is 3. The molecular weight excluding hydrogens is 342 g/mol. The number of urea groups is 1. The molecule has 2 fully saturated rings. The van der Waals surface area contributed by atoms with Crippen molar-refractivity contribution in [3.63, 3.8) is 0 Å². The van der Waals surface area contributed by atoms with Crippen LogP contribution in [0.3, 0.4) is 0 Å². The average molecular weight is 365 g/mol. The molecule has 0 unspecified atom stereocenters. The summed E-state index contributed by atoms with van der Waals surface area (Å²) in [5.41, 5.74) is 0.755. The molecule has 27 heavy (non-hydrogen) atoms. The second kappa shape index (κ2) is 7.36. The van der Waals surface area contributed by atoms with Crippen molar-refractivity contribution >= 4 is 23.4 Å². The van der Waals surface area contributed by atoms with Gasteiger partial charge in [-0.3, -0.25) is 14.6 Å². The normalized spacial score (nSPS) is 21.2. The van der Waals surface area contributed by atoms with Crippen LogP contribution in [-0.2, 0) is 4.79 Å². The van der Waals surface area contributed by atoms with Crippen LogP contribution in [0.15, 0.2) is 54.7 Å². The first-order valence-electron chi connectivity index (χ1n) is 9.23. The molecule has 2 aromatic rings. The van der Waals surface area contributed by atoms with Crippen molar-refractivity contribution in [3.8, 4) is 0 Å². The van der Waals surface area contributed by atoms with Crippen molar-refractivity contribution in [2.24, 2.45) is 0 Å². The average Bonchev–Trinajstić information content (AvgIpc) is 2.93. The second-order valence-corrected chi connectivity index (χ2v) is 6.86. The zero-order chi connectivity index (χ0) is 18.8. The Labute approximate surface area is 158 Å². The first kappa shape index (κ1) is 17.5. The maximum Gasteiger partial charge on any atom is 0.333 e. The van der Waals surface area contributed by atoms with Gasteiger partial charge in [0.1, 0.15) is 11.9 Å². The molecule has 7 nitrogen and oxygen atoms in total. The smallest absolute Gasteiger partial charge is 0.333 e. The fourth-order valence-corrected chi connectivity index (χ4v) is 3.64. The highest BCUT2D eigenvalue weighted by molar-refractivity contribution is 6.14. The summed E-state index contributed by atoms with van der Waals surface area (Å²) in [6.45, 7) is 5.34. The lowest BCUT2D eigenvalue weighted by molar-refractivity contribution is -0.128. The molecule has 7 heteroatoms. The summed E-state index contributed by atoms with van der Waals surface area (Å²) < 4.78 is 0. The third-order valence-corrected chi connectivity index (χ3v) is 5.17. The Bertz CT molecular complexity index is 806. The molecule has 1 aromatic carbocycles. The van der Waals surface area contributed by atoms with Crippen molar-refractivity contribution in [2.75, 3.05) is 42.6 Å². The maximum atomic E-state index is 12.9. The molecule has 0 radical (unpaired) electrons. The van der Waals surface area contributed by atoms with Gasteiger partial charge in [-0.15, -0.1) is 0 Å². The van der Waals surface area contributed by atoms with Gasteiger partial charge in [0.25, 0.3) is 5.91 Å². The lowest BCUT2D eigenvalue weighted by Crippen LogP contribution is -2.51. The van der Waals surface area contributed by atoms with Crippen LogP contribution in [0.1, 0.15) is 6.92 Å². The lowest BCUT2D eigenvalue weighted by Gasteiger charge is -2.36. The number of nitrogens with zero attached hydrogens (tertiary/aromatic N) is 5. The SMILES string of the molecule is C[C@@H]1C(=O)N(CN2CCN(c3ccccn3)CC2)C(=O)N1c1ccccc1. The summed E-state index contributed by atoms with van der Waals surface area (Å²) in [6.07, 6.45) is 1.79. The van der Waals surface area contributed by atoms with E-state index in [0.717, 1.165) is 37.7 Å². The highest BCUT2D eigenvalue weighted by atomic mass is 16.2. The van der Waals surface area contributed by atoms with E-state index < -0.39 is 6.04 Å². The summed E-state index contributed by atoms with van der Waals surface area (Å²) in [4.78, 5) is 37.3. The zero-order valence-electron chi connectivity index (χ0n) is 15.4. The van der Waals surface area contributed by atoms with Crippen LogP contribution in [0.25, 0.3) is 0 Å². The summed E-state index contributed by atoms with van der Waals surface area (Å²) in [5, 5.41) is 0. The van der Waals surface area contributed by atoms with Gasteiger partial charge in [0, 0.05) is 38.1 Å². The number of rotatable bonds is 4. The molecule has 140 valence electrons. The molecule has 0 spiro atoms. The summed E-state index contributed by atoms with van der Waals surface area (Å²) >= 11 is 0. The number of hydrogen-bond donors (Lipinski definition) is 0. The number of hydrogen-bond acceptors (Lipinski definition) is 5. The minimum atomic E-state index is -0.477. The maximum absolute atomic E-state index is 12.9. The van der Waals surface area contributed by atoms with Crippen LogP contribution >= 0.6 is 0 Å². The van der Waals surface area contributed by atoms with Crippen LogP contribution < -0.4 is 9.80 Å². The number of aromatic nitrogens is 1. The zero-order valence-corrected chi connectivity index (χ0v) is 15.4. The number of carbonyl (C=O) groups is 2. The van der Waals surface area contributed by atoms with Gasteiger partial charge in [-0.05, 0) is 31.2 Å². The van der Waals surface area contributed by atoms with Crippen molar-refractivity contribution in [2.45, 2.75) is 13.0 Å². The minimum Gasteiger partial charge on any atom is -0.354 e. The van der Waals surface area contributed by atoms with Gasteiger partial charge in [0.05, 0.1) is 6.67 Å². The number of benzene rings is 1. The third kappa shape index (κ3) is 3.38. The number of carbonyl (C=O) groups excluding carboxylic acids is 2. The Morgan fingerprint density at radius 2 is 1.67 bits per heavy atom. The fraction of sp³-hybridized carbons (Fsp3) is 0.350. The summed E-state index contributed by atoms with van der Waals surface area (Å²) in [7, 11) is 0. The molecule has 2 saturated heterocycles. The van der Waals surface area contributed by atoms with E-state index >= 15 is 0 Å². The predicted octanol–water partition coefficient (Wildman–Crippen LogP) is 2.02. The predicted molar refractivity (Wildman–Crippen MR) is 104 cm³/mol. The number of pyridine rings is 1. The van der Waals surface area contributed by atoms with Gasteiger partial charge in [0.15, 0.2) is 0 Å². The largest absolute Gasteiger partial charge is 0.354 e. The number of imide groups is 1. The molecule has 3 heterocycles. The van der Waals surface area contributed by atoms with Gasteiger partial charge < -0.3 is 4.90 Å². The highest BCUT2D eigenvalue weighted by Gasteiger charge is 2.43. The van der Waals surface area contributed by atoms with Crippen molar-refractivity contribution < 1.29 is 9.59 Å². The van der Waals surface area contributed by atoms with Gasteiger partial charge in [0.2, 0.25) is 0 Å². The molecule has 2 aliphatic heterocycles. The van der Waals surface area contributed by atoms with Crippen molar-refractivity contribution in [1.82, 2.24) is 14.8 Å². The lowest BCUT2D eigenvalue weighted by atomic mass is 10.2. The Hall–Kier alpha value is -2.93. The standard InChI is InChI=1S/C20H23N5O2/c1-16-19(26)24(20(27)25(16)17-7-3-2-4-8-17)15-22-11-13-23(14-12-22)18-9-5-6-10-21-18/h2-10,16H,11-15H2,1H3/t16-/m1/s1. The molecule has 0 N–H and O–H groups in total. The van der Waals surface area contributed by atoms with Gasteiger partial charge in [-0.25, -0.2) is 14.7 Å². The van der Waals surface area contributed by atoms with E-state index in [9.17, 15) is 9.59 Å². The number of piperazine rings is 1. The van der Waals surface area contributed by atoms with Crippen LogP contribution in [0, 0.1) is 0 Å². The van der Waals surface area contributed by atoms with Gasteiger partial charge >= 0.3 is 6.03 Å². The van der Waals surface area contributed by atoms with Crippen LogP contribution in [0.2, 0.25) is 0 Å². The highest BCUT2D eigenvalue weighted by Crippen LogP contribution is 2.26. The molecular formula is C20H23N5O2. The molecule has 4 rings (SSSR count). The minimum absolute atomic E-state index is 0.143. The summed E-state index contributed by atoms with van der Waals surface area (Å²) in [6, 6.07) is 14.5. The van der Waals surface area contributed by atoms with E-state index in [4.69, 9.17) is 0 Å². The third-order valence-electron chi connectivity index (χ3n) is 5.17. The Kier molecular flexibility index (Phi) is 4.77. The Balaban J connectivity index is 1.40. The molecule has 2 aliphatic rings. The molecule has 1 aromatic heterocycles. The quantitative estimate of drug-likeness (QED) is 0.776. The Morgan fingerprint density at radius 1 is 0.963 bits per heavy atom. The monoisotopic (exact) mass is 365 g/mol. The van der Waals surface area contributed by atoms with Crippen LogP contribution in [0.4, 0.5) is 16.3 Å². The summed E-state index contributed by atoms with van der Waals surface area (Å²) in [5.74, 6) is 0.824. The van der Waals surface area contributed by atoms with E-state index in [-0.39, 0.29) is 11.9 Å². The molecule has 3 amide bonds.